The molecule has 1 aliphatic rings. The molecule has 1 atom stereocenters. The molecule has 3 aromatic rings. The summed E-state index contributed by atoms with van der Waals surface area (Å²) in [5.74, 6) is 0.401. The van der Waals surface area contributed by atoms with E-state index in [-0.39, 0.29) is 12.5 Å². The Hall–Kier alpha value is -3.09. The quantitative estimate of drug-likeness (QED) is 0.719. The van der Waals surface area contributed by atoms with Gasteiger partial charge in [-0.05, 0) is 18.6 Å². The normalized spacial score (nSPS) is 17.7. The second kappa shape index (κ2) is 5.52. The fourth-order valence-corrected chi connectivity index (χ4v) is 3.04. The van der Waals surface area contributed by atoms with Crippen LogP contribution in [0, 0.1) is 6.92 Å². The molecule has 1 fully saturated rings. The van der Waals surface area contributed by atoms with Gasteiger partial charge in [-0.1, -0.05) is 23.4 Å². The van der Waals surface area contributed by atoms with Gasteiger partial charge in [0.1, 0.15) is 17.5 Å². The number of aromatic nitrogens is 2. The number of para-hydroxylation sites is 1. The van der Waals surface area contributed by atoms with Crippen molar-refractivity contribution in [1.29, 1.82) is 0 Å². The van der Waals surface area contributed by atoms with Gasteiger partial charge in [-0.2, -0.15) is 0 Å². The monoisotopic (exact) mass is 324 g/mol. The third-order valence-corrected chi connectivity index (χ3v) is 4.20. The number of fused-ring (bicyclic) bond motifs is 1. The van der Waals surface area contributed by atoms with Gasteiger partial charge in [0.15, 0.2) is 0 Å². The van der Waals surface area contributed by atoms with E-state index in [1.807, 2.05) is 30.5 Å². The molecule has 0 unspecified atom stereocenters. The fourth-order valence-electron chi connectivity index (χ4n) is 3.04. The van der Waals surface area contributed by atoms with Crippen molar-refractivity contribution >= 4 is 22.8 Å². The van der Waals surface area contributed by atoms with Crippen LogP contribution in [0.1, 0.15) is 17.0 Å². The maximum Gasteiger partial charge on any atom is 0.325 e. The molecule has 1 aliphatic heterocycles. The molecule has 0 aliphatic carbocycles. The second-order valence-corrected chi connectivity index (χ2v) is 5.92. The Morgan fingerprint density at radius 1 is 1.29 bits per heavy atom. The summed E-state index contributed by atoms with van der Waals surface area (Å²) in [4.78, 5) is 29.0. The highest BCUT2D eigenvalue weighted by molar-refractivity contribution is 6.04. The van der Waals surface area contributed by atoms with Crippen molar-refractivity contribution < 1.29 is 14.1 Å². The van der Waals surface area contributed by atoms with Gasteiger partial charge in [-0.25, -0.2) is 4.79 Å². The number of carbonyl (C=O) groups excluding carboxylic acids is 2. The van der Waals surface area contributed by atoms with Crippen LogP contribution in [-0.2, 0) is 17.8 Å². The molecule has 24 heavy (non-hydrogen) atoms. The summed E-state index contributed by atoms with van der Waals surface area (Å²) >= 11 is 0. The number of aromatic amines is 1. The minimum absolute atomic E-state index is 0.117. The third kappa shape index (κ3) is 2.44. The highest BCUT2D eigenvalue weighted by Gasteiger charge is 2.38. The summed E-state index contributed by atoms with van der Waals surface area (Å²) in [6, 6.07) is 8.63. The molecule has 7 nitrogen and oxygen atoms in total. The molecule has 3 heterocycles. The Balaban J connectivity index is 1.53. The number of nitrogens with one attached hydrogen (secondary N) is 2. The van der Waals surface area contributed by atoms with Gasteiger partial charge < -0.3 is 14.8 Å². The number of hydrogen-bond donors (Lipinski definition) is 2. The number of carbonyl (C=O) groups is 2. The zero-order valence-electron chi connectivity index (χ0n) is 13.1. The number of aryl methyl sites for hydroxylation is 1. The van der Waals surface area contributed by atoms with Crippen molar-refractivity contribution in [2.24, 2.45) is 0 Å². The lowest BCUT2D eigenvalue weighted by Crippen LogP contribution is -2.32. The lowest BCUT2D eigenvalue weighted by Gasteiger charge is -2.10. The first-order valence-corrected chi connectivity index (χ1v) is 7.71. The molecule has 0 radical (unpaired) electrons. The van der Waals surface area contributed by atoms with E-state index in [1.165, 1.54) is 4.90 Å². The number of imide groups is 1. The second-order valence-electron chi connectivity index (χ2n) is 5.92. The van der Waals surface area contributed by atoms with E-state index in [4.69, 9.17) is 4.52 Å². The van der Waals surface area contributed by atoms with E-state index in [1.54, 1.807) is 13.0 Å². The highest BCUT2D eigenvalue weighted by Crippen LogP contribution is 2.21. The number of amides is 3. The smallest absolute Gasteiger partial charge is 0.325 e. The molecule has 2 N–H and O–H groups in total. The van der Waals surface area contributed by atoms with Crippen LogP contribution in [0.2, 0.25) is 0 Å². The average Bonchev–Trinajstić information content (AvgIpc) is 3.24. The van der Waals surface area contributed by atoms with Gasteiger partial charge in [0.25, 0.3) is 5.91 Å². The van der Waals surface area contributed by atoms with E-state index in [0.29, 0.717) is 17.9 Å². The first kappa shape index (κ1) is 14.5. The first-order chi connectivity index (χ1) is 11.6. The van der Waals surface area contributed by atoms with Crippen molar-refractivity contribution in [2.75, 3.05) is 0 Å². The molecule has 0 bridgehead atoms. The Morgan fingerprint density at radius 3 is 2.92 bits per heavy atom. The van der Waals surface area contributed by atoms with Crippen molar-refractivity contribution in [3.63, 3.8) is 0 Å². The Bertz CT molecular complexity index is 927. The Morgan fingerprint density at radius 2 is 2.12 bits per heavy atom. The van der Waals surface area contributed by atoms with E-state index in [2.05, 4.69) is 15.5 Å². The van der Waals surface area contributed by atoms with Crippen molar-refractivity contribution in [3.8, 4) is 0 Å². The van der Waals surface area contributed by atoms with Gasteiger partial charge in [-0.15, -0.1) is 0 Å². The SMILES string of the molecule is Cc1cc(CN2C(=O)N[C@@H](Cc3c[nH]c4ccccc34)C2=O)no1. The molecule has 4 rings (SSSR count). The summed E-state index contributed by atoms with van der Waals surface area (Å²) < 4.78 is 4.98. The number of nitrogens with zero attached hydrogens (tertiary/aromatic N) is 2. The van der Waals surface area contributed by atoms with Gasteiger partial charge >= 0.3 is 6.03 Å². The van der Waals surface area contributed by atoms with Crippen molar-refractivity contribution in [1.82, 2.24) is 20.4 Å². The number of H-pyrrole nitrogens is 1. The first-order valence-electron chi connectivity index (χ1n) is 7.71. The van der Waals surface area contributed by atoms with Crippen LogP contribution in [0.25, 0.3) is 10.9 Å². The van der Waals surface area contributed by atoms with E-state index in [9.17, 15) is 9.59 Å². The molecule has 122 valence electrons. The van der Waals surface area contributed by atoms with Crippen molar-refractivity contribution in [3.05, 3.63) is 53.5 Å². The summed E-state index contributed by atoms with van der Waals surface area (Å²) in [5.41, 5.74) is 2.58. The summed E-state index contributed by atoms with van der Waals surface area (Å²) in [6.45, 7) is 1.88. The average molecular weight is 324 g/mol. The minimum atomic E-state index is -0.565. The maximum absolute atomic E-state index is 12.6. The zero-order valence-corrected chi connectivity index (χ0v) is 13.1. The maximum atomic E-state index is 12.6. The predicted octanol–water partition coefficient (Wildman–Crippen LogP) is 2.13. The predicted molar refractivity (Wildman–Crippen MR) is 86.1 cm³/mol. The molecule has 0 spiro atoms. The summed E-state index contributed by atoms with van der Waals surface area (Å²) in [5, 5.41) is 7.65. The Kier molecular flexibility index (Phi) is 3.34. The van der Waals surface area contributed by atoms with Crippen LogP contribution >= 0.6 is 0 Å². The summed E-state index contributed by atoms with van der Waals surface area (Å²) in [6.07, 6.45) is 2.33. The lowest BCUT2D eigenvalue weighted by molar-refractivity contribution is -0.127. The molecular weight excluding hydrogens is 308 g/mol. The largest absolute Gasteiger partial charge is 0.361 e. The minimum Gasteiger partial charge on any atom is -0.361 e. The standard InChI is InChI=1S/C17H16N4O3/c1-10-6-12(20-24-10)9-21-16(22)15(19-17(21)23)7-11-8-18-14-5-3-2-4-13(11)14/h2-6,8,15,18H,7,9H2,1H3,(H,19,23)/t15-/m0/s1. The third-order valence-electron chi connectivity index (χ3n) is 4.20. The van der Waals surface area contributed by atoms with Crippen LogP contribution in [-0.4, -0.2) is 33.0 Å². The number of hydrogen-bond acceptors (Lipinski definition) is 4. The van der Waals surface area contributed by atoms with Gasteiger partial charge in [0, 0.05) is 29.6 Å². The zero-order chi connectivity index (χ0) is 16.7. The number of rotatable bonds is 4. The van der Waals surface area contributed by atoms with E-state index in [0.717, 1.165) is 16.5 Å². The molecule has 0 saturated carbocycles. The fraction of sp³-hybridized carbons (Fsp3) is 0.235. The van der Waals surface area contributed by atoms with Crippen LogP contribution in [0.3, 0.4) is 0 Å². The number of benzene rings is 1. The Labute approximate surface area is 137 Å². The van der Waals surface area contributed by atoms with Crippen molar-refractivity contribution in [2.45, 2.75) is 25.9 Å². The van der Waals surface area contributed by atoms with Crippen LogP contribution in [0.4, 0.5) is 4.79 Å². The molecule has 2 aromatic heterocycles. The number of urea groups is 1. The van der Waals surface area contributed by atoms with Crippen LogP contribution in [0.5, 0.6) is 0 Å². The van der Waals surface area contributed by atoms with Gasteiger partial charge in [0.05, 0.1) is 6.54 Å². The molecule has 3 amide bonds. The van der Waals surface area contributed by atoms with E-state index >= 15 is 0 Å². The molecule has 7 heteroatoms. The van der Waals surface area contributed by atoms with E-state index < -0.39 is 12.1 Å². The van der Waals surface area contributed by atoms with Crippen LogP contribution < -0.4 is 5.32 Å². The molecular formula is C17H16N4O3. The highest BCUT2D eigenvalue weighted by atomic mass is 16.5. The van der Waals surface area contributed by atoms with Crippen LogP contribution in [0.15, 0.2) is 41.1 Å². The molecule has 1 aromatic carbocycles. The van der Waals surface area contributed by atoms with Gasteiger partial charge in [-0.3, -0.25) is 9.69 Å². The topological polar surface area (TPSA) is 91.2 Å². The van der Waals surface area contributed by atoms with Gasteiger partial charge in [0.2, 0.25) is 0 Å². The molecule has 1 saturated heterocycles. The lowest BCUT2D eigenvalue weighted by atomic mass is 10.1. The summed E-state index contributed by atoms with van der Waals surface area (Å²) in [7, 11) is 0.